The number of thiophene rings is 1. The van der Waals surface area contributed by atoms with Crippen molar-refractivity contribution in [1.29, 1.82) is 0 Å². The number of hydrogen-bond donors (Lipinski definition) is 1. The molecule has 0 amide bonds. The summed E-state index contributed by atoms with van der Waals surface area (Å²) in [5, 5.41) is 0. The van der Waals surface area contributed by atoms with Crippen molar-refractivity contribution in [1.82, 2.24) is 4.57 Å². The van der Waals surface area contributed by atoms with Gasteiger partial charge in [-0.15, -0.1) is 11.3 Å². The van der Waals surface area contributed by atoms with Crippen molar-refractivity contribution >= 4 is 22.9 Å². The molecule has 2 aromatic rings. The minimum atomic E-state index is 0.218. The van der Waals surface area contributed by atoms with E-state index in [0.717, 1.165) is 17.3 Å². The largest absolute Gasteiger partial charge is 0.348 e. The van der Waals surface area contributed by atoms with Gasteiger partial charge in [0.2, 0.25) is 0 Å². The number of halogens is 1. The maximum atomic E-state index is 6.23. The topological polar surface area (TPSA) is 30.9 Å². The number of fused-ring (bicyclic) bond motifs is 1. The standard InChI is InChI=1S/C14H17ClN2S/c15-14-6-5-11(18-14)8-17-7-10-3-1-2-4-13(16)12(10)9-17/h5-7,9,13H,1-4,8,16H2. The van der Waals surface area contributed by atoms with Gasteiger partial charge in [-0.3, -0.25) is 0 Å². The summed E-state index contributed by atoms with van der Waals surface area (Å²) < 4.78 is 3.10. The highest BCUT2D eigenvalue weighted by Crippen LogP contribution is 2.29. The number of rotatable bonds is 2. The van der Waals surface area contributed by atoms with E-state index >= 15 is 0 Å². The lowest BCUT2D eigenvalue weighted by atomic mass is 10.1. The third-order valence-corrected chi connectivity index (χ3v) is 4.79. The van der Waals surface area contributed by atoms with Crippen LogP contribution in [0.3, 0.4) is 0 Å². The van der Waals surface area contributed by atoms with Crippen LogP contribution in [0.4, 0.5) is 0 Å². The molecule has 0 radical (unpaired) electrons. The van der Waals surface area contributed by atoms with Gasteiger partial charge < -0.3 is 10.3 Å². The predicted molar refractivity (Wildman–Crippen MR) is 77.3 cm³/mol. The molecule has 0 aliphatic heterocycles. The zero-order chi connectivity index (χ0) is 12.5. The Morgan fingerprint density at radius 2 is 2.22 bits per heavy atom. The summed E-state index contributed by atoms with van der Waals surface area (Å²) in [5.74, 6) is 0. The van der Waals surface area contributed by atoms with Crippen LogP contribution >= 0.6 is 22.9 Å². The first kappa shape index (κ1) is 12.3. The summed E-state index contributed by atoms with van der Waals surface area (Å²) in [7, 11) is 0. The van der Waals surface area contributed by atoms with Crippen LogP contribution < -0.4 is 5.73 Å². The normalized spacial score (nSPS) is 19.6. The van der Waals surface area contributed by atoms with Gasteiger partial charge in [0.25, 0.3) is 0 Å². The second-order valence-electron chi connectivity index (χ2n) is 4.97. The van der Waals surface area contributed by atoms with Crippen molar-refractivity contribution in [2.45, 2.75) is 38.3 Å². The minimum Gasteiger partial charge on any atom is -0.348 e. The highest BCUT2D eigenvalue weighted by Gasteiger charge is 2.17. The van der Waals surface area contributed by atoms with Crippen molar-refractivity contribution in [2.24, 2.45) is 5.73 Å². The monoisotopic (exact) mass is 280 g/mol. The van der Waals surface area contributed by atoms with Crippen LogP contribution in [0.2, 0.25) is 4.34 Å². The highest BCUT2D eigenvalue weighted by atomic mass is 35.5. The fraction of sp³-hybridized carbons (Fsp3) is 0.429. The van der Waals surface area contributed by atoms with Crippen molar-refractivity contribution in [3.63, 3.8) is 0 Å². The molecule has 1 unspecified atom stereocenters. The molecule has 96 valence electrons. The molecule has 0 aromatic carbocycles. The Bertz CT molecular complexity index is 544. The number of aromatic nitrogens is 1. The van der Waals surface area contributed by atoms with Crippen molar-refractivity contribution in [3.8, 4) is 0 Å². The summed E-state index contributed by atoms with van der Waals surface area (Å²) >= 11 is 7.61. The summed E-state index contributed by atoms with van der Waals surface area (Å²) in [6.45, 7) is 0.900. The van der Waals surface area contributed by atoms with E-state index in [-0.39, 0.29) is 6.04 Å². The number of nitrogens with two attached hydrogens (primary N) is 1. The molecule has 0 saturated carbocycles. The molecule has 1 aliphatic rings. The molecule has 2 nitrogen and oxygen atoms in total. The van der Waals surface area contributed by atoms with Gasteiger partial charge >= 0.3 is 0 Å². The Morgan fingerprint density at radius 3 is 3.00 bits per heavy atom. The van der Waals surface area contributed by atoms with Crippen LogP contribution in [-0.4, -0.2) is 4.57 Å². The van der Waals surface area contributed by atoms with E-state index in [9.17, 15) is 0 Å². The molecule has 18 heavy (non-hydrogen) atoms. The van der Waals surface area contributed by atoms with Crippen LogP contribution in [0.5, 0.6) is 0 Å². The van der Waals surface area contributed by atoms with Crippen LogP contribution in [-0.2, 0) is 13.0 Å². The zero-order valence-corrected chi connectivity index (χ0v) is 11.8. The first-order chi connectivity index (χ1) is 8.72. The number of nitrogens with zero attached hydrogens (tertiary/aromatic N) is 1. The molecule has 2 heterocycles. The van der Waals surface area contributed by atoms with E-state index in [1.807, 2.05) is 6.07 Å². The van der Waals surface area contributed by atoms with Gasteiger partial charge in [0, 0.05) is 23.3 Å². The third kappa shape index (κ3) is 2.48. The number of aryl methyl sites for hydroxylation is 1. The molecule has 1 aliphatic carbocycles. The molecular formula is C14H17ClN2S. The summed E-state index contributed by atoms with van der Waals surface area (Å²) in [6.07, 6.45) is 9.27. The summed E-state index contributed by atoms with van der Waals surface area (Å²) in [6, 6.07) is 4.27. The Balaban J connectivity index is 1.84. The molecular weight excluding hydrogens is 264 g/mol. The number of hydrogen-bond acceptors (Lipinski definition) is 2. The van der Waals surface area contributed by atoms with Gasteiger partial charge in [0.15, 0.2) is 0 Å². The average molecular weight is 281 g/mol. The van der Waals surface area contributed by atoms with Crippen molar-refractivity contribution in [3.05, 3.63) is 44.9 Å². The molecule has 2 aromatic heterocycles. The van der Waals surface area contributed by atoms with Gasteiger partial charge in [-0.25, -0.2) is 0 Å². The minimum absolute atomic E-state index is 0.218. The van der Waals surface area contributed by atoms with Crippen LogP contribution in [0.1, 0.15) is 41.3 Å². The fourth-order valence-corrected chi connectivity index (χ4v) is 3.76. The Morgan fingerprint density at radius 1 is 1.33 bits per heavy atom. The maximum absolute atomic E-state index is 6.23. The Labute approximate surface area is 116 Å². The smallest absolute Gasteiger partial charge is 0.0931 e. The predicted octanol–water partition coefficient (Wildman–Crippen LogP) is 3.98. The lowest BCUT2D eigenvalue weighted by Crippen LogP contribution is -2.09. The summed E-state index contributed by atoms with van der Waals surface area (Å²) in [5.41, 5.74) is 9.00. The van der Waals surface area contributed by atoms with E-state index in [0.29, 0.717) is 0 Å². The van der Waals surface area contributed by atoms with Gasteiger partial charge in [0.1, 0.15) is 0 Å². The van der Waals surface area contributed by atoms with Crippen LogP contribution in [0.15, 0.2) is 24.5 Å². The molecule has 0 spiro atoms. The molecule has 0 saturated heterocycles. The molecule has 1 atom stereocenters. The van der Waals surface area contributed by atoms with Crippen LogP contribution in [0, 0.1) is 0 Å². The fourth-order valence-electron chi connectivity index (χ4n) is 2.66. The van der Waals surface area contributed by atoms with E-state index < -0.39 is 0 Å². The van der Waals surface area contributed by atoms with Crippen molar-refractivity contribution < 1.29 is 0 Å². The van der Waals surface area contributed by atoms with Gasteiger partial charge in [-0.1, -0.05) is 18.0 Å². The maximum Gasteiger partial charge on any atom is 0.0931 e. The zero-order valence-electron chi connectivity index (χ0n) is 10.2. The van der Waals surface area contributed by atoms with Gasteiger partial charge in [0.05, 0.1) is 10.9 Å². The van der Waals surface area contributed by atoms with E-state index in [2.05, 4.69) is 23.0 Å². The SMILES string of the molecule is NC1CCCCc2cn(Cc3ccc(Cl)s3)cc21. The quantitative estimate of drug-likeness (QED) is 0.829. The molecule has 4 heteroatoms. The molecule has 2 N–H and O–H groups in total. The van der Waals surface area contributed by atoms with E-state index in [4.69, 9.17) is 17.3 Å². The van der Waals surface area contributed by atoms with Crippen LogP contribution in [0.25, 0.3) is 0 Å². The first-order valence-electron chi connectivity index (χ1n) is 6.41. The first-order valence-corrected chi connectivity index (χ1v) is 7.60. The molecule has 3 rings (SSSR count). The lowest BCUT2D eigenvalue weighted by molar-refractivity contribution is 0.610. The molecule has 0 fully saturated rings. The summed E-state index contributed by atoms with van der Waals surface area (Å²) in [4.78, 5) is 1.29. The van der Waals surface area contributed by atoms with Crippen molar-refractivity contribution in [2.75, 3.05) is 0 Å². The van der Waals surface area contributed by atoms with Gasteiger partial charge in [-0.05, 0) is 42.5 Å². The molecule has 0 bridgehead atoms. The average Bonchev–Trinajstić information content (AvgIpc) is 2.88. The lowest BCUT2D eigenvalue weighted by Gasteiger charge is -2.07. The van der Waals surface area contributed by atoms with Gasteiger partial charge in [-0.2, -0.15) is 0 Å². The van der Waals surface area contributed by atoms with E-state index in [1.165, 1.54) is 35.3 Å². The highest BCUT2D eigenvalue weighted by molar-refractivity contribution is 7.16. The third-order valence-electron chi connectivity index (χ3n) is 3.58. The second-order valence-corrected chi connectivity index (χ2v) is 6.77. The Hall–Kier alpha value is -0.770. The Kier molecular flexibility index (Phi) is 3.46. The second kappa shape index (κ2) is 5.08. The van der Waals surface area contributed by atoms with E-state index in [1.54, 1.807) is 11.3 Å².